The minimum Gasteiger partial charge on any atom is -0.323 e. The highest BCUT2D eigenvalue weighted by molar-refractivity contribution is 6.64. The first-order valence-corrected chi connectivity index (χ1v) is 4.43. The number of aryl methyl sites for hydroxylation is 1. The van der Waals surface area contributed by atoms with Crippen LogP contribution in [0.25, 0.3) is 0 Å². The van der Waals surface area contributed by atoms with Gasteiger partial charge in [-0.1, -0.05) is 0 Å². The minimum absolute atomic E-state index is 0.101. The molecule has 0 aliphatic heterocycles. The van der Waals surface area contributed by atoms with E-state index in [0.29, 0.717) is 0 Å². The van der Waals surface area contributed by atoms with Crippen LogP contribution < -0.4 is 0 Å². The quantitative estimate of drug-likeness (QED) is 0.745. The Kier molecular flexibility index (Phi) is 3.08. The molecule has 0 amide bonds. The first kappa shape index (κ1) is 12.0. The highest BCUT2D eigenvalue weighted by Gasteiger charge is 2.35. The molecular weight excluding hydrogens is 233 g/mol. The van der Waals surface area contributed by atoms with Gasteiger partial charge in [0, 0.05) is 6.20 Å². The molecule has 0 aliphatic carbocycles. The molecule has 0 radical (unpaired) electrons. The average molecular weight is 241 g/mol. The van der Waals surface area contributed by atoms with Gasteiger partial charge in [-0.25, -0.2) is 4.98 Å². The molecule has 0 aromatic carbocycles. The third-order valence-electron chi connectivity index (χ3n) is 1.95. The molecule has 1 rings (SSSR count). The monoisotopic (exact) mass is 240 g/mol. The van der Waals surface area contributed by atoms with Gasteiger partial charge in [-0.2, -0.15) is 13.2 Å². The zero-order valence-electron chi connectivity index (χ0n) is 7.97. The highest BCUT2D eigenvalue weighted by atomic mass is 35.5. The molecule has 1 atom stereocenters. The first-order chi connectivity index (χ1) is 6.73. The second-order valence-corrected chi connectivity index (χ2v) is 3.43. The Hall–Kier alpha value is -1.04. The number of rotatable bonds is 2. The lowest BCUT2D eigenvalue weighted by Crippen LogP contribution is -2.12. The van der Waals surface area contributed by atoms with Crippen LogP contribution in [-0.2, 0) is 11.0 Å². The third-order valence-corrected chi connectivity index (χ3v) is 2.27. The van der Waals surface area contributed by atoms with Crippen molar-refractivity contribution in [2.75, 3.05) is 0 Å². The van der Waals surface area contributed by atoms with Crippen molar-refractivity contribution in [2.24, 2.45) is 0 Å². The lowest BCUT2D eigenvalue weighted by molar-refractivity contribution is -0.141. The van der Waals surface area contributed by atoms with Crippen LogP contribution in [0.2, 0.25) is 0 Å². The molecule has 0 bridgehead atoms. The predicted octanol–water partition coefficient (Wildman–Crippen LogP) is 2.54. The summed E-state index contributed by atoms with van der Waals surface area (Å²) >= 11 is 5.19. The number of imidazole rings is 1. The topological polar surface area (TPSA) is 34.9 Å². The van der Waals surface area contributed by atoms with Crippen LogP contribution in [0.5, 0.6) is 0 Å². The van der Waals surface area contributed by atoms with E-state index in [1.165, 1.54) is 13.8 Å². The van der Waals surface area contributed by atoms with Gasteiger partial charge in [0.05, 0.1) is 0 Å². The SMILES string of the molecule is Cc1nc(C(F)(F)F)cn1C(C)C(=O)Cl. The van der Waals surface area contributed by atoms with Gasteiger partial charge in [0.1, 0.15) is 11.9 Å². The molecule has 7 heteroatoms. The summed E-state index contributed by atoms with van der Waals surface area (Å²) in [5.41, 5.74) is -1.02. The number of carbonyl (C=O) groups is 1. The Morgan fingerprint density at radius 3 is 2.47 bits per heavy atom. The fraction of sp³-hybridized carbons (Fsp3) is 0.500. The average Bonchev–Trinajstić information content (AvgIpc) is 2.45. The Morgan fingerprint density at radius 2 is 2.13 bits per heavy atom. The largest absolute Gasteiger partial charge is 0.434 e. The number of hydrogen-bond acceptors (Lipinski definition) is 2. The molecule has 0 saturated carbocycles. The smallest absolute Gasteiger partial charge is 0.323 e. The van der Waals surface area contributed by atoms with E-state index in [1.54, 1.807) is 0 Å². The molecule has 0 N–H and O–H groups in total. The number of hydrogen-bond donors (Lipinski definition) is 0. The van der Waals surface area contributed by atoms with E-state index in [9.17, 15) is 18.0 Å². The Balaban J connectivity index is 3.12. The van der Waals surface area contributed by atoms with Crippen LogP contribution in [0.4, 0.5) is 13.2 Å². The van der Waals surface area contributed by atoms with E-state index in [1.807, 2.05) is 0 Å². The molecular formula is C8H8ClF3N2O. The standard InChI is InChI=1S/C8H8ClF3N2O/c1-4(7(9)15)14-3-6(8(10,11)12)13-5(14)2/h3-4H,1-2H3. The van der Waals surface area contributed by atoms with Crippen LogP contribution in [0.15, 0.2) is 6.20 Å². The summed E-state index contributed by atoms with van der Waals surface area (Å²) in [6.07, 6.45) is -3.73. The van der Waals surface area contributed by atoms with Crippen molar-refractivity contribution in [2.45, 2.75) is 26.1 Å². The summed E-state index contributed by atoms with van der Waals surface area (Å²) in [5, 5.41) is -0.732. The van der Waals surface area contributed by atoms with Crippen LogP contribution in [-0.4, -0.2) is 14.8 Å². The van der Waals surface area contributed by atoms with E-state index in [2.05, 4.69) is 4.98 Å². The summed E-state index contributed by atoms with van der Waals surface area (Å²) in [5.74, 6) is 0.101. The van der Waals surface area contributed by atoms with Crippen molar-refractivity contribution in [1.29, 1.82) is 0 Å². The van der Waals surface area contributed by atoms with E-state index in [-0.39, 0.29) is 5.82 Å². The van der Waals surface area contributed by atoms with Crippen molar-refractivity contribution in [1.82, 2.24) is 9.55 Å². The molecule has 0 saturated heterocycles. The lowest BCUT2D eigenvalue weighted by Gasteiger charge is -2.09. The number of nitrogens with zero attached hydrogens (tertiary/aromatic N) is 2. The maximum absolute atomic E-state index is 12.3. The van der Waals surface area contributed by atoms with Crippen LogP contribution in [0, 0.1) is 6.92 Å². The summed E-state index contributed by atoms with van der Waals surface area (Å²) in [6, 6.07) is -0.852. The predicted molar refractivity (Wildman–Crippen MR) is 47.5 cm³/mol. The van der Waals surface area contributed by atoms with E-state index < -0.39 is 23.2 Å². The molecule has 15 heavy (non-hydrogen) atoms. The number of alkyl halides is 3. The van der Waals surface area contributed by atoms with Gasteiger partial charge < -0.3 is 4.57 Å². The van der Waals surface area contributed by atoms with Gasteiger partial charge in [0.2, 0.25) is 5.24 Å². The maximum atomic E-state index is 12.3. The van der Waals surface area contributed by atoms with Crippen molar-refractivity contribution >= 4 is 16.8 Å². The van der Waals surface area contributed by atoms with Crippen molar-refractivity contribution in [3.8, 4) is 0 Å². The molecule has 1 aromatic rings. The van der Waals surface area contributed by atoms with Gasteiger partial charge in [-0.15, -0.1) is 0 Å². The molecule has 1 heterocycles. The summed E-state index contributed by atoms with van der Waals surface area (Å²) in [4.78, 5) is 14.1. The zero-order chi connectivity index (χ0) is 11.8. The number of carbonyl (C=O) groups excluding carboxylic acids is 1. The van der Waals surface area contributed by atoms with E-state index in [4.69, 9.17) is 11.6 Å². The molecule has 0 fully saturated rings. The Morgan fingerprint density at radius 1 is 1.60 bits per heavy atom. The normalized spacial score (nSPS) is 14.0. The fourth-order valence-electron chi connectivity index (χ4n) is 1.12. The van der Waals surface area contributed by atoms with E-state index >= 15 is 0 Å². The van der Waals surface area contributed by atoms with Gasteiger partial charge in [0.25, 0.3) is 0 Å². The van der Waals surface area contributed by atoms with Crippen molar-refractivity contribution in [3.63, 3.8) is 0 Å². The van der Waals surface area contributed by atoms with E-state index in [0.717, 1.165) is 10.8 Å². The summed E-state index contributed by atoms with van der Waals surface area (Å²) in [7, 11) is 0. The summed E-state index contributed by atoms with van der Waals surface area (Å²) < 4.78 is 37.9. The molecule has 0 spiro atoms. The van der Waals surface area contributed by atoms with Crippen LogP contribution in [0.3, 0.4) is 0 Å². The van der Waals surface area contributed by atoms with Gasteiger partial charge in [-0.3, -0.25) is 4.79 Å². The Labute approximate surface area is 88.9 Å². The van der Waals surface area contributed by atoms with Gasteiger partial charge >= 0.3 is 6.18 Å². The molecule has 0 aliphatic rings. The number of aromatic nitrogens is 2. The fourth-order valence-corrected chi connectivity index (χ4v) is 1.23. The third kappa shape index (κ3) is 2.50. The molecule has 3 nitrogen and oxygen atoms in total. The minimum atomic E-state index is -4.51. The first-order valence-electron chi connectivity index (χ1n) is 4.05. The van der Waals surface area contributed by atoms with Crippen LogP contribution in [0.1, 0.15) is 24.5 Å². The molecule has 84 valence electrons. The van der Waals surface area contributed by atoms with Gasteiger partial charge in [0.15, 0.2) is 5.69 Å². The van der Waals surface area contributed by atoms with Crippen molar-refractivity contribution in [3.05, 3.63) is 17.7 Å². The number of halogens is 4. The van der Waals surface area contributed by atoms with Gasteiger partial charge in [-0.05, 0) is 25.4 Å². The van der Waals surface area contributed by atoms with Crippen molar-refractivity contribution < 1.29 is 18.0 Å². The maximum Gasteiger partial charge on any atom is 0.434 e. The zero-order valence-corrected chi connectivity index (χ0v) is 8.73. The second-order valence-electron chi connectivity index (χ2n) is 3.06. The molecule has 1 unspecified atom stereocenters. The highest BCUT2D eigenvalue weighted by Crippen LogP contribution is 2.29. The lowest BCUT2D eigenvalue weighted by atomic mass is 10.3. The van der Waals surface area contributed by atoms with Crippen LogP contribution >= 0.6 is 11.6 Å². The second kappa shape index (κ2) is 3.84. The molecule has 1 aromatic heterocycles. The Bertz CT molecular complexity index is 386. The summed E-state index contributed by atoms with van der Waals surface area (Å²) in [6.45, 7) is 2.79.